The van der Waals surface area contributed by atoms with Gasteiger partial charge in [-0.25, -0.2) is 4.98 Å². The molecule has 1 amide bonds. The van der Waals surface area contributed by atoms with Crippen LogP contribution in [0.5, 0.6) is 0 Å². The van der Waals surface area contributed by atoms with Crippen LogP contribution in [0.25, 0.3) is 6.08 Å². The number of rotatable bonds is 4. The number of fused-ring (bicyclic) bond motifs is 1. The molecule has 0 saturated carbocycles. The standard InChI is InChI=1S/C25H25N3O/c1-25(2)16-18-28(22-13-7-6-11-20(22)25)24-21(12-8-17-26-24)27-23(29)15-14-19-9-4-3-5-10-19/h3-15,17H,16,18H2,1-2H3,(H,27,29). The highest BCUT2D eigenvalue weighted by Crippen LogP contribution is 2.43. The Balaban J connectivity index is 1.61. The predicted octanol–water partition coefficient (Wildman–Crippen LogP) is 5.55. The molecule has 0 atom stereocenters. The van der Waals surface area contributed by atoms with Crippen molar-refractivity contribution in [1.82, 2.24) is 4.98 Å². The van der Waals surface area contributed by atoms with Gasteiger partial charge < -0.3 is 10.2 Å². The van der Waals surface area contributed by atoms with Crippen molar-refractivity contribution in [2.24, 2.45) is 0 Å². The molecule has 0 bridgehead atoms. The molecule has 3 aromatic rings. The van der Waals surface area contributed by atoms with Gasteiger partial charge in [0.25, 0.3) is 0 Å². The molecule has 0 saturated heterocycles. The quantitative estimate of drug-likeness (QED) is 0.601. The minimum Gasteiger partial charge on any atom is -0.324 e. The Kier molecular flexibility index (Phi) is 5.17. The lowest BCUT2D eigenvalue weighted by atomic mass is 9.77. The molecule has 1 aliphatic rings. The highest BCUT2D eigenvalue weighted by molar-refractivity contribution is 6.03. The van der Waals surface area contributed by atoms with Crippen LogP contribution < -0.4 is 10.2 Å². The fraction of sp³-hybridized carbons (Fsp3) is 0.200. The van der Waals surface area contributed by atoms with Crippen molar-refractivity contribution >= 4 is 29.2 Å². The largest absolute Gasteiger partial charge is 0.324 e. The molecule has 1 N–H and O–H groups in total. The predicted molar refractivity (Wildman–Crippen MR) is 119 cm³/mol. The van der Waals surface area contributed by atoms with Crippen LogP contribution in [-0.2, 0) is 10.2 Å². The third-order valence-corrected chi connectivity index (χ3v) is 5.41. The second kappa shape index (κ2) is 7.92. The highest BCUT2D eigenvalue weighted by Gasteiger charge is 2.32. The van der Waals surface area contributed by atoms with Crippen molar-refractivity contribution in [3.05, 3.63) is 90.1 Å². The molecular weight excluding hydrogens is 358 g/mol. The lowest BCUT2D eigenvalue weighted by molar-refractivity contribution is -0.111. The molecular formula is C25H25N3O. The molecule has 4 nitrogen and oxygen atoms in total. The Labute approximate surface area is 171 Å². The number of amides is 1. The first-order valence-electron chi connectivity index (χ1n) is 9.91. The highest BCUT2D eigenvalue weighted by atomic mass is 16.1. The fourth-order valence-corrected chi connectivity index (χ4v) is 3.77. The second-order valence-corrected chi connectivity index (χ2v) is 7.91. The number of hydrogen-bond acceptors (Lipinski definition) is 3. The van der Waals surface area contributed by atoms with E-state index in [1.54, 1.807) is 12.3 Å². The number of benzene rings is 2. The summed E-state index contributed by atoms with van der Waals surface area (Å²) in [5.74, 6) is 0.602. The number of carbonyl (C=O) groups is 1. The van der Waals surface area contributed by atoms with Crippen LogP contribution in [-0.4, -0.2) is 17.4 Å². The van der Waals surface area contributed by atoms with Gasteiger partial charge in [0, 0.05) is 24.5 Å². The van der Waals surface area contributed by atoms with Crippen molar-refractivity contribution in [3.63, 3.8) is 0 Å². The zero-order chi connectivity index (χ0) is 20.3. The maximum Gasteiger partial charge on any atom is 0.248 e. The van der Waals surface area contributed by atoms with Gasteiger partial charge in [-0.2, -0.15) is 0 Å². The molecule has 1 aromatic heterocycles. The van der Waals surface area contributed by atoms with Gasteiger partial charge in [-0.3, -0.25) is 4.79 Å². The number of nitrogens with one attached hydrogen (secondary N) is 1. The van der Waals surface area contributed by atoms with Gasteiger partial charge >= 0.3 is 0 Å². The monoisotopic (exact) mass is 383 g/mol. The summed E-state index contributed by atoms with van der Waals surface area (Å²) in [6.45, 7) is 5.40. The molecule has 1 aliphatic heterocycles. The van der Waals surface area contributed by atoms with E-state index in [1.165, 1.54) is 5.56 Å². The fourth-order valence-electron chi connectivity index (χ4n) is 3.77. The average Bonchev–Trinajstić information content (AvgIpc) is 2.74. The number of carbonyl (C=O) groups excluding carboxylic acids is 1. The summed E-state index contributed by atoms with van der Waals surface area (Å²) >= 11 is 0. The number of aromatic nitrogens is 1. The molecule has 0 unspecified atom stereocenters. The Morgan fingerprint density at radius 3 is 2.62 bits per heavy atom. The average molecular weight is 383 g/mol. The molecule has 0 aliphatic carbocycles. The second-order valence-electron chi connectivity index (χ2n) is 7.91. The van der Waals surface area contributed by atoms with Crippen LogP contribution in [0, 0.1) is 0 Å². The smallest absolute Gasteiger partial charge is 0.248 e. The zero-order valence-corrected chi connectivity index (χ0v) is 16.8. The van der Waals surface area contributed by atoms with Crippen LogP contribution in [0.3, 0.4) is 0 Å². The molecule has 0 radical (unpaired) electrons. The Hall–Kier alpha value is -3.40. The first kappa shape index (κ1) is 18.9. The van der Waals surface area contributed by atoms with E-state index in [9.17, 15) is 4.79 Å². The van der Waals surface area contributed by atoms with Gasteiger partial charge in [0.15, 0.2) is 5.82 Å². The van der Waals surface area contributed by atoms with Crippen LogP contribution in [0.1, 0.15) is 31.4 Å². The zero-order valence-electron chi connectivity index (χ0n) is 16.8. The maximum absolute atomic E-state index is 12.5. The molecule has 0 spiro atoms. The van der Waals surface area contributed by atoms with E-state index in [4.69, 9.17) is 0 Å². The molecule has 0 fully saturated rings. The van der Waals surface area contributed by atoms with Gasteiger partial charge in [0.2, 0.25) is 5.91 Å². The van der Waals surface area contributed by atoms with Crippen molar-refractivity contribution in [3.8, 4) is 0 Å². The van der Waals surface area contributed by atoms with Crippen LogP contribution >= 0.6 is 0 Å². The van der Waals surface area contributed by atoms with Gasteiger partial charge in [0.1, 0.15) is 0 Å². The van der Waals surface area contributed by atoms with Gasteiger partial charge in [-0.1, -0.05) is 62.4 Å². The van der Waals surface area contributed by atoms with E-state index in [0.29, 0.717) is 5.69 Å². The minimum atomic E-state index is -0.172. The molecule has 4 rings (SSSR count). The van der Waals surface area contributed by atoms with Crippen LogP contribution in [0.2, 0.25) is 0 Å². The topological polar surface area (TPSA) is 45.2 Å². The number of nitrogens with zero attached hydrogens (tertiary/aromatic N) is 2. The summed E-state index contributed by atoms with van der Waals surface area (Å²) in [5.41, 5.74) is 4.27. The number of anilines is 3. The lowest BCUT2D eigenvalue weighted by Gasteiger charge is -2.40. The van der Waals surface area contributed by atoms with Gasteiger partial charge in [0.05, 0.1) is 5.69 Å². The summed E-state index contributed by atoms with van der Waals surface area (Å²) < 4.78 is 0. The van der Waals surface area contributed by atoms with Crippen molar-refractivity contribution in [1.29, 1.82) is 0 Å². The Morgan fingerprint density at radius 2 is 1.79 bits per heavy atom. The normalized spacial score (nSPS) is 15.2. The molecule has 2 aromatic carbocycles. The van der Waals surface area contributed by atoms with E-state index in [2.05, 4.69) is 53.3 Å². The first-order chi connectivity index (χ1) is 14.0. The van der Waals surface area contributed by atoms with Crippen molar-refractivity contribution in [2.75, 3.05) is 16.8 Å². The molecule has 2 heterocycles. The summed E-state index contributed by atoms with van der Waals surface area (Å²) in [5, 5.41) is 3.00. The summed E-state index contributed by atoms with van der Waals surface area (Å²) in [6, 6.07) is 22.0. The lowest BCUT2D eigenvalue weighted by Crippen LogP contribution is -2.35. The van der Waals surface area contributed by atoms with Crippen molar-refractivity contribution < 1.29 is 4.79 Å². The minimum absolute atomic E-state index is 0.115. The van der Waals surface area contributed by atoms with Gasteiger partial charge in [-0.15, -0.1) is 0 Å². The Bertz CT molecular complexity index is 1040. The molecule has 4 heteroatoms. The van der Waals surface area contributed by atoms with E-state index < -0.39 is 0 Å². The third-order valence-electron chi connectivity index (χ3n) is 5.41. The number of hydrogen-bond donors (Lipinski definition) is 1. The van der Waals surface area contributed by atoms with E-state index >= 15 is 0 Å². The Morgan fingerprint density at radius 1 is 1.03 bits per heavy atom. The van der Waals surface area contributed by atoms with Crippen molar-refractivity contribution in [2.45, 2.75) is 25.7 Å². The summed E-state index contributed by atoms with van der Waals surface area (Å²) in [7, 11) is 0. The summed E-state index contributed by atoms with van der Waals surface area (Å²) in [4.78, 5) is 19.3. The number of pyridine rings is 1. The SMILES string of the molecule is CC1(C)CCN(c2ncccc2NC(=O)C=Cc2ccccc2)c2ccccc21. The van der Waals surface area contributed by atoms with Crippen LogP contribution in [0.15, 0.2) is 79.0 Å². The first-order valence-corrected chi connectivity index (χ1v) is 9.91. The molecule has 29 heavy (non-hydrogen) atoms. The summed E-state index contributed by atoms with van der Waals surface area (Å²) in [6.07, 6.45) is 6.15. The number of para-hydroxylation sites is 1. The maximum atomic E-state index is 12.5. The molecule has 146 valence electrons. The van der Waals surface area contributed by atoms with E-state index in [-0.39, 0.29) is 11.3 Å². The van der Waals surface area contributed by atoms with Crippen LogP contribution in [0.4, 0.5) is 17.2 Å². The van der Waals surface area contributed by atoms with E-state index in [0.717, 1.165) is 30.0 Å². The van der Waals surface area contributed by atoms with Gasteiger partial charge in [-0.05, 0) is 47.2 Å². The third kappa shape index (κ3) is 4.06. The van der Waals surface area contributed by atoms with E-state index in [1.807, 2.05) is 48.5 Å².